The molecule has 0 bridgehead atoms. The van der Waals surface area contributed by atoms with Gasteiger partial charge in [0.1, 0.15) is 44.7 Å². The molecule has 0 radical (unpaired) electrons. The normalized spacial score (nSPS) is 11.8. The maximum absolute atomic E-state index is 10.1. The number of aromatic nitrogens is 4. The minimum Gasteiger partial charge on any atom is -0.456 e. The van der Waals surface area contributed by atoms with Crippen molar-refractivity contribution in [1.82, 2.24) is 19.9 Å². The van der Waals surface area contributed by atoms with Crippen LogP contribution in [-0.4, -0.2) is 19.9 Å². The van der Waals surface area contributed by atoms with Gasteiger partial charge in [-0.3, -0.25) is 0 Å². The second-order valence-electron chi connectivity index (χ2n) is 29.7. The first-order chi connectivity index (χ1) is 57.4. The van der Waals surface area contributed by atoms with E-state index in [-0.39, 0.29) is 0 Å². The van der Waals surface area contributed by atoms with Crippen molar-refractivity contribution < 1.29 is 17.7 Å². The van der Waals surface area contributed by atoms with Crippen LogP contribution in [-0.2, 0) is 0 Å². The van der Waals surface area contributed by atoms with Crippen LogP contribution in [0.25, 0.3) is 244 Å². The van der Waals surface area contributed by atoms with Crippen LogP contribution in [0.3, 0.4) is 0 Å². The largest absolute Gasteiger partial charge is 0.456 e. The monoisotopic (exact) mass is 1480 g/mol. The van der Waals surface area contributed by atoms with Gasteiger partial charge in [-0.2, -0.15) is 5.26 Å². The first kappa shape index (κ1) is 65.9. The first-order valence-electron chi connectivity index (χ1n) is 38.8. The third-order valence-electron chi connectivity index (χ3n) is 23.0. The minimum atomic E-state index is 0.542. The van der Waals surface area contributed by atoms with Gasteiger partial charge in [-0.05, 0) is 180 Å². The molecule has 0 saturated carbocycles. The highest BCUT2D eigenvalue weighted by molar-refractivity contribution is 6.16. The molecular formula is C107H61N5O4. The molecule has 0 aliphatic carbocycles. The number of fused-ring (bicyclic) bond motifs is 15. The summed E-state index contributed by atoms with van der Waals surface area (Å²) in [7, 11) is 0. The van der Waals surface area contributed by atoms with Crippen LogP contribution in [0.4, 0.5) is 0 Å². The van der Waals surface area contributed by atoms with Gasteiger partial charge in [0.25, 0.3) is 0 Å². The Morgan fingerprint density at radius 1 is 0.190 bits per heavy atom. The summed E-state index contributed by atoms with van der Waals surface area (Å²) in [4.78, 5) is 21.5. The van der Waals surface area contributed by atoms with Crippen LogP contribution in [0.2, 0.25) is 0 Å². The third-order valence-corrected chi connectivity index (χ3v) is 23.0. The van der Waals surface area contributed by atoms with Crippen LogP contribution >= 0.6 is 0 Å². The fourth-order valence-electron chi connectivity index (χ4n) is 17.3. The lowest BCUT2D eigenvalue weighted by molar-refractivity contribution is 0.668. The Hall–Kier alpha value is -15.9. The second-order valence-corrected chi connectivity index (χ2v) is 29.7. The quantitative estimate of drug-likeness (QED) is 0.110. The average Bonchev–Trinajstić information content (AvgIpc) is 1.43. The van der Waals surface area contributed by atoms with Crippen molar-refractivity contribution in [2.24, 2.45) is 0 Å². The van der Waals surface area contributed by atoms with Crippen molar-refractivity contribution in [3.8, 4) is 141 Å². The van der Waals surface area contributed by atoms with E-state index in [9.17, 15) is 5.26 Å². The first-order valence-corrected chi connectivity index (χ1v) is 38.8. The number of furan rings is 4. The van der Waals surface area contributed by atoms with Crippen LogP contribution in [0.15, 0.2) is 388 Å². The van der Waals surface area contributed by atoms with Crippen LogP contribution < -0.4 is 0 Å². The number of para-hydroxylation sites is 4. The van der Waals surface area contributed by atoms with Crippen LogP contribution in [0, 0.1) is 11.3 Å². The topological polar surface area (TPSA) is 128 Å². The van der Waals surface area contributed by atoms with Gasteiger partial charge >= 0.3 is 0 Å². The van der Waals surface area contributed by atoms with Crippen LogP contribution in [0.1, 0.15) is 5.56 Å². The summed E-state index contributed by atoms with van der Waals surface area (Å²) in [5.41, 5.74) is 27.5. The predicted octanol–water partition coefficient (Wildman–Crippen LogP) is 29.0. The summed E-state index contributed by atoms with van der Waals surface area (Å²) in [6.07, 6.45) is 0. The molecule has 0 spiro atoms. The highest BCUT2D eigenvalue weighted by atomic mass is 16.3. The molecule has 116 heavy (non-hydrogen) atoms. The maximum atomic E-state index is 10.1. The van der Waals surface area contributed by atoms with Gasteiger partial charge in [-0.15, -0.1) is 0 Å². The lowest BCUT2D eigenvalue weighted by Crippen LogP contribution is -1.98. The highest BCUT2D eigenvalue weighted by Crippen LogP contribution is 2.48. The van der Waals surface area contributed by atoms with Crippen LogP contribution in [0.5, 0.6) is 0 Å². The number of rotatable bonds is 12. The number of nitrogens with zero attached hydrogens (tertiary/aromatic N) is 5. The standard InChI is InChI=1S/C107H61N5O4/c108-62-63-18-15-24-75(52-63)95-61-97(112-107(110-95)67-21-5-2-6-22-67)90-57-74(42-47-81(90)85-31-17-32-86-82-28-11-14-35-99(82)115-105(85)86)78-30-16-33-87-93-55-70(44-50-102(93)116-104(78)87)71-41-48-84-92-58-73(45-51-101(92)114-103(84)59-71)77-46-40-68(69-43-49-100-91(54-69)83-29-12-13-34-98(83)113-100)53-89(77)96-60-94(109-106(111-96)66-19-3-1-4-20-66)65-38-36-64(37-39-65)88-56-72-23-7-8-25-76(72)79-26-9-10-27-80(79)88/h1-61H. The fourth-order valence-corrected chi connectivity index (χ4v) is 17.3. The SMILES string of the molecule is N#Cc1cccc(-c2cc(-c3cc(-c4cccc5c4oc4ccc(-c6ccc7c(c6)oc6ccc(-c8ccc(-c9ccc%10oc%11ccccc%11c%10c9)cc8-c8cc(-c9ccc(-c%10cc%11ccccc%11c%11ccccc%10%11)cc9)nc(-c9ccccc9)n8)cc67)cc45)ccc3-c3cccc4c3oc3ccccc34)nc(-c3ccccc3)n2)c1. The summed E-state index contributed by atoms with van der Waals surface area (Å²) in [6, 6.07) is 131. The van der Waals surface area contributed by atoms with E-state index >= 15 is 0 Å². The molecule has 9 nitrogen and oxygen atoms in total. The van der Waals surface area contributed by atoms with Crippen molar-refractivity contribution in [3.05, 3.63) is 376 Å². The average molecular weight is 1480 g/mol. The van der Waals surface area contributed by atoms with Gasteiger partial charge in [-0.1, -0.05) is 267 Å². The van der Waals surface area contributed by atoms with E-state index in [1.54, 1.807) is 0 Å². The van der Waals surface area contributed by atoms with Crippen molar-refractivity contribution in [1.29, 1.82) is 5.26 Å². The Labute approximate surface area is 664 Å². The lowest BCUT2D eigenvalue weighted by Gasteiger charge is -2.15. The van der Waals surface area contributed by atoms with E-state index in [0.717, 1.165) is 194 Å². The highest BCUT2D eigenvalue weighted by Gasteiger charge is 2.25. The Bertz CT molecular complexity index is 8040. The molecule has 0 N–H and O–H groups in total. The van der Waals surface area contributed by atoms with Gasteiger partial charge in [0.2, 0.25) is 0 Å². The van der Waals surface area contributed by atoms with E-state index in [1.807, 2.05) is 109 Å². The zero-order valence-corrected chi connectivity index (χ0v) is 62.1. The zero-order chi connectivity index (χ0) is 76.5. The van der Waals surface area contributed by atoms with E-state index in [4.69, 9.17) is 37.6 Å². The van der Waals surface area contributed by atoms with Crippen molar-refractivity contribution in [2.45, 2.75) is 0 Å². The summed E-state index contributed by atoms with van der Waals surface area (Å²) in [6.45, 7) is 0. The molecule has 0 saturated heterocycles. The predicted molar refractivity (Wildman–Crippen MR) is 472 cm³/mol. The molecule has 538 valence electrons. The Morgan fingerprint density at radius 2 is 0.612 bits per heavy atom. The smallest absolute Gasteiger partial charge is 0.160 e. The summed E-state index contributed by atoms with van der Waals surface area (Å²) < 4.78 is 27.0. The van der Waals surface area contributed by atoms with Gasteiger partial charge in [0, 0.05) is 87.6 Å². The molecule has 0 aliphatic rings. The molecule has 0 unspecified atom stereocenters. The molecule has 0 fully saturated rings. The molecule has 9 heteroatoms. The molecular weight excluding hydrogens is 1420 g/mol. The maximum Gasteiger partial charge on any atom is 0.160 e. The Morgan fingerprint density at radius 3 is 1.32 bits per heavy atom. The van der Waals surface area contributed by atoms with Gasteiger partial charge in [0.15, 0.2) is 11.6 Å². The second kappa shape index (κ2) is 26.7. The number of nitriles is 1. The van der Waals surface area contributed by atoms with Gasteiger partial charge < -0.3 is 17.7 Å². The number of hydrogen-bond donors (Lipinski definition) is 0. The van der Waals surface area contributed by atoms with Crippen molar-refractivity contribution in [3.63, 3.8) is 0 Å². The molecule has 23 aromatic rings. The minimum absolute atomic E-state index is 0.542. The van der Waals surface area contributed by atoms with Crippen molar-refractivity contribution in [2.75, 3.05) is 0 Å². The lowest BCUT2D eigenvalue weighted by atomic mass is 9.91. The van der Waals surface area contributed by atoms with E-state index in [0.29, 0.717) is 28.6 Å². The molecule has 23 rings (SSSR count). The summed E-state index contributed by atoms with van der Waals surface area (Å²) >= 11 is 0. The Kier molecular flexibility index (Phi) is 15.2. The molecule has 0 atom stereocenters. The summed E-state index contributed by atoms with van der Waals surface area (Å²) in [5.74, 6) is 1.19. The third kappa shape index (κ3) is 11.1. The summed E-state index contributed by atoms with van der Waals surface area (Å²) in [5, 5.41) is 23.1. The zero-order valence-electron chi connectivity index (χ0n) is 62.1. The fraction of sp³-hybridized carbons (Fsp3) is 0. The van der Waals surface area contributed by atoms with E-state index in [1.165, 1.54) is 27.1 Å². The molecule has 0 aliphatic heterocycles. The molecule has 0 amide bonds. The van der Waals surface area contributed by atoms with Gasteiger partial charge in [0.05, 0.1) is 34.4 Å². The van der Waals surface area contributed by atoms with E-state index in [2.05, 4.69) is 267 Å². The molecule has 17 aromatic carbocycles. The van der Waals surface area contributed by atoms with E-state index < -0.39 is 0 Å². The Balaban J connectivity index is 0.628. The number of benzene rings is 17. The van der Waals surface area contributed by atoms with Gasteiger partial charge in [-0.25, -0.2) is 19.9 Å². The van der Waals surface area contributed by atoms with Crippen molar-refractivity contribution >= 4 is 109 Å². The molecule has 6 aromatic heterocycles. The number of hydrogen-bond acceptors (Lipinski definition) is 9. The molecule has 6 heterocycles.